The smallest absolute Gasteiger partial charge is 0.246 e. The van der Waals surface area contributed by atoms with Gasteiger partial charge in [-0.05, 0) is 32.1 Å². The molecule has 114 valence electrons. The Morgan fingerprint density at radius 2 is 1.95 bits per heavy atom. The van der Waals surface area contributed by atoms with Crippen LogP contribution in [0, 0.1) is 19.3 Å². The van der Waals surface area contributed by atoms with Gasteiger partial charge in [0.05, 0.1) is 6.61 Å². The van der Waals surface area contributed by atoms with Crippen LogP contribution in [-0.4, -0.2) is 30.9 Å². The molecule has 1 aromatic rings. The lowest BCUT2D eigenvalue weighted by molar-refractivity contribution is 0.186. The van der Waals surface area contributed by atoms with Gasteiger partial charge in [0, 0.05) is 18.7 Å². The minimum Gasteiger partial charge on any atom is -0.465 e. The number of sulfonamides is 1. The maximum atomic E-state index is 12.8. The first kappa shape index (κ1) is 15.5. The number of hydrogen-bond acceptors (Lipinski definition) is 4. The average molecular weight is 301 g/mol. The van der Waals surface area contributed by atoms with Gasteiger partial charge in [-0.2, -0.15) is 4.31 Å². The summed E-state index contributed by atoms with van der Waals surface area (Å²) < 4.78 is 32.6. The number of hydrogen-bond donors (Lipinski definition) is 1. The Morgan fingerprint density at radius 3 is 2.50 bits per heavy atom. The molecule has 2 rings (SSSR count). The highest BCUT2D eigenvalue weighted by Crippen LogP contribution is 2.35. The Labute approximate surface area is 120 Å². The van der Waals surface area contributed by atoms with Crippen LogP contribution in [0.15, 0.2) is 9.31 Å². The van der Waals surface area contributed by atoms with E-state index >= 15 is 0 Å². The number of aryl methyl sites for hydroxylation is 2. The van der Waals surface area contributed by atoms with Crippen LogP contribution in [0.5, 0.6) is 0 Å². The molecule has 0 aliphatic carbocycles. The zero-order valence-electron chi connectivity index (χ0n) is 12.6. The molecule has 1 saturated heterocycles. The number of aliphatic hydroxyl groups excluding tert-OH is 1. The van der Waals surface area contributed by atoms with Crippen LogP contribution in [0.3, 0.4) is 0 Å². The van der Waals surface area contributed by atoms with E-state index in [9.17, 15) is 13.5 Å². The Morgan fingerprint density at radius 1 is 1.30 bits per heavy atom. The van der Waals surface area contributed by atoms with E-state index < -0.39 is 10.0 Å². The third kappa shape index (κ3) is 2.64. The van der Waals surface area contributed by atoms with Crippen molar-refractivity contribution in [3.8, 4) is 0 Å². The molecular formula is C14H23NO4S. The van der Waals surface area contributed by atoms with Crippen molar-refractivity contribution in [1.82, 2.24) is 4.31 Å². The third-order valence-electron chi connectivity index (χ3n) is 3.95. The van der Waals surface area contributed by atoms with Crippen LogP contribution in [0.4, 0.5) is 0 Å². The summed E-state index contributed by atoms with van der Waals surface area (Å²) in [6.07, 6.45) is 1.88. The second kappa shape index (κ2) is 5.16. The Balaban J connectivity index is 2.45. The summed E-state index contributed by atoms with van der Waals surface area (Å²) >= 11 is 0. The summed E-state index contributed by atoms with van der Waals surface area (Å²) in [5.41, 5.74) is 0.364. The fourth-order valence-electron chi connectivity index (χ4n) is 2.93. The van der Waals surface area contributed by atoms with E-state index in [0.29, 0.717) is 30.2 Å². The van der Waals surface area contributed by atoms with Crippen LogP contribution in [0.25, 0.3) is 0 Å². The summed E-state index contributed by atoms with van der Waals surface area (Å²) in [4.78, 5) is 0.148. The Kier molecular flexibility index (Phi) is 4.01. The molecule has 5 nitrogen and oxygen atoms in total. The quantitative estimate of drug-likeness (QED) is 0.929. The summed E-state index contributed by atoms with van der Waals surface area (Å²) in [6, 6.07) is 0. The molecule has 0 radical (unpaired) electrons. The van der Waals surface area contributed by atoms with E-state index in [1.54, 1.807) is 13.8 Å². The van der Waals surface area contributed by atoms with Gasteiger partial charge in [0.25, 0.3) is 0 Å². The van der Waals surface area contributed by atoms with Gasteiger partial charge in [-0.25, -0.2) is 8.42 Å². The molecule has 0 bridgehead atoms. The van der Waals surface area contributed by atoms with Crippen LogP contribution in [-0.2, 0) is 16.6 Å². The maximum absolute atomic E-state index is 12.8. The van der Waals surface area contributed by atoms with Gasteiger partial charge in [-0.3, -0.25) is 0 Å². The number of nitrogens with zero attached hydrogens (tertiary/aromatic N) is 1. The second-order valence-electron chi connectivity index (χ2n) is 6.29. The summed E-state index contributed by atoms with van der Waals surface area (Å²) in [5.74, 6) is 0.828. The van der Waals surface area contributed by atoms with Gasteiger partial charge >= 0.3 is 0 Å². The average Bonchev–Trinajstić information content (AvgIpc) is 2.62. The molecule has 0 spiro atoms. The Hall–Kier alpha value is -0.850. The highest BCUT2D eigenvalue weighted by atomic mass is 32.2. The van der Waals surface area contributed by atoms with E-state index in [1.165, 1.54) is 4.31 Å². The molecule has 2 heterocycles. The van der Waals surface area contributed by atoms with E-state index in [1.807, 2.05) is 0 Å². The lowest BCUT2D eigenvalue weighted by Gasteiger charge is -2.37. The minimum absolute atomic E-state index is 0.0165. The lowest BCUT2D eigenvalue weighted by atomic mass is 9.85. The predicted octanol–water partition coefficient (Wildman–Crippen LogP) is 2.20. The van der Waals surface area contributed by atoms with Gasteiger partial charge in [0.15, 0.2) is 0 Å². The minimum atomic E-state index is -3.61. The van der Waals surface area contributed by atoms with E-state index in [4.69, 9.17) is 4.42 Å². The monoisotopic (exact) mass is 301 g/mol. The normalized spacial score (nSPS) is 20.2. The fourth-order valence-corrected chi connectivity index (χ4v) is 5.01. The van der Waals surface area contributed by atoms with Crippen molar-refractivity contribution < 1.29 is 17.9 Å². The van der Waals surface area contributed by atoms with Crippen LogP contribution >= 0.6 is 0 Å². The zero-order valence-corrected chi connectivity index (χ0v) is 13.4. The Bertz CT molecular complexity index is 601. The van der Waals surface area contributed by atoms with E-state index in [-0.39, 0.29) is 16.9 Å². The van der Waals surface area contributed by atoms with E-state index in [2.05, 4.69) is 13.8 Å². The zero-order chi connectivity index (χ0) is 15.1. The molecule has 20 heavy (non-hydrogen) atoms. The highest BCUT2D eigenvalue weighted by molar-refractivity contribution is 7.89. The summed E-state index contributed by atoms with van der Waals surface area (Å²) in [7, 11) is -3.61. The van der Waals surface area contributed by atoms with Gasteiger partial charge in [-0.15, -0.1) is 0 Å². The number of piperidine rings is 1. The van der Waals surface area contributed by atoms with Crippen molar-refractivity contribution >= 4 is 10.0 Å². The second-order valence-corrected chi connectivity index (χ2v) is 8.16. The van der Waals surface area contributed by atoms with E-state index in [0.717, 1.165) is 12.8 Å². The van der Waals surface area contributed by atoms with Crippen molar-refractivity contribution in [2.24, 2.45) is 5.41 Å². The first-order chi connectivity index (χ1) is 9.19. The van der Waals surface area contributed by atoms with Crippen molar-refractivity contribution in [2.75, 3.05) is 13.1 Å². The largest absolute Gasteiger partial charge is 0.465 e. The van der Waals surface area contributed by atoms with Gasteiger partial charge in [0.2, 0.25) is 10.0 Å². The molecule has 1 aliphatic heterocycles. The first-order valence-corrected chi connectivity index (χ1v) is 8.33. The van der Waals surface area contributed by atoms with Gasteiger partial charge in [-0.1, -0.05) is 13.8 Å². The number of rotatable bonds is 3. The highest BCUT2D eigenvalue weighted by Gasteiger charge is 2.37. The molecular weight excluding hydrogens is 278 g/mol. The summed E-state index contributed by atoms with van der Waals surface area (Å²) in [5, 5.41) is 9.43. The third-order valence-corrected chi connectivity index (χ3v) is 5.99. The molecule has 1 aromatic heterocycles. The SMILES string of the molecule is Cc1oc(C)c(S(=O)(=O)N2CCCC(C)(C)C2)c1CO. The first-order valence-electron chi connectivity index (χ1n) is 6.89. The van der Waals surface area contributed by atoms with Gasteiger partial charge < -0.3 is 9.52 Å². The predicted molar refractivity (Wildman–Crippen MR) is 75.9 cm³/mol. The molecule has 0 saturated carbocycles. The molecule has 0 unspecified atom stereocenters. The van der Waals surface area contributed by atoms with Crippen LogP contribution < -0.4 is 0 Å². The topological polar surface area (TPSA) is 70.8 Å². The molecule has 6 heteroatoms. The molecule has 0 atom stereocenters. The fraction of sp³-hybridized carbons (Fsp3) is 0.714. The van der Waals surface area contributed by atoms with Crippen molar-refractivity contribution in [3.63, 3.8) is 0 Å². The van der Waals surface area contributed by atoms with Crippen molar-refractivity contribution in [2.45, 2.75) is 52.0 Å². The van der Waals surface area contributed by atoms with Crippen molar-refractivity contribution in [3.05, 3.63) is 17.1 Å². The lowest BCUT2D eigenvalue weighted by Crippen LogP contribution is -2.43. The molecule has 1 N–H and O–H groups in total. The molecule has 1 aliphatic rings. The molecule has 1 fully saturated rings. The standard InChI is InChI=1S/C14H23NO4S/c1-10-12(8-16)13(11(2)19-10)20(17,18)15-7-5-6-14(3,4)9-15/h16H,5-9H2,1-4H3. The maximum Gasteiger partial charge on any atom is 0.246 e. The summed E-state index contributed by atoms with van der Waals surface area (Å²) in [6.45, 7) is 8.18. The molecule has 0 amide bonds. The van der Waals surface area contributed by atoms with Crippen molar-refractivity contribution in [1.29, 1.82) is 0 Å². The molecule has 0 aromatic carbocycles. The number of aliphatic hydroxyl groups is 1. The van der Waals surface area contributed by atoms with Crippen LogP contribution in [0.2, 0.25) is 0 Å². The van der Waals surface area contributed by atoms with Gasteiger partial charge in [0.1, 0.15) is 16.4 Å². The van der Waals surface area contributed by atoms with Crippen LogP contribution in [0.1, 0.15) is 43.8 Å². The number of furan rings is 1.